The van der Waals surface area contributed by atoms with E-state index in [1.807, 2.05) is 18.7 Å². The fourth-order valence-corrected chi connectivity index (χ4v) is 3.51. The molecule has 0 aromatic carbocycles. The molecule has 1 aliphatic rings. The van der Waals surface area contributed by atoms with Gasteiger partial charge in [-0.25, -0.2) is 8.42 Å². The number of nitrogens with one attached hydrogen (secondary N) is 1. The van der Waals surface area contributed by atoms with Crippen LogP contribution in [0.1, 0.15) is 20.3 Å². The lowest BCUT2D eigenvalue weighted by Crippen LogP contribution is -2.42. The van der Waals surface area contributed by atoms with Gasteiger partial charge < -0.3 is 5.32 Å². The number of amides is 1. The van der Waals surface area contributed by atoms with E-state index in [9.17, 15) is 13.2 Å². The Kier molecular flexibility index (Phi) is 4.73. The van der Waals surface area contributed by atoms with E-state index in [0.717, 1.165) is 13.1 Å². The number of nitrogens with zero attached hydrogens (tertiary/aromatic N) is 1. The van der Waals surface area contributed by atoms with Crippen LogP contribution >= 0.6 is 0 Å². The zero-order valence-corrected chi connectivity index (χ0v) is 10.7. The molecule has 0 aromatic heterocycles. The van der Waals surface area contributed by atoms with E-state index in [4.69, 9.17) is 0 Å². The Labute approximate surface area is 97.1 Å². The summed E-state index contributed by atoms with van der Waals surface area (Å²) >= 11 is 0. The van der Waals surface area contributed by atoms with Crippen LogP contribution in [0.2, 0.25) is 0 Å². The highest BCUT2D eigenvalue weighted by Gasteiger charge is 2.28. The number of carbonyl (C=O) groups excluding carboxylic acids is 1. The summed E-state index contributed by atoms with van der Waals surface area (Å²) < 4.78 is 22.4. The zero-order valence-electron chi connectivity index (χ0n) is 9.90. The highest BCUT2D eigenvalue weighted by molar-refractivity contribution is 7.91. The summed E-state index contributed by atoms with van der Waals surface area (Å²) in [6.45, 7) is 6.00. The van der Waals surface area contributed by atoms with Gasteiger partial charge in [-0.15, -0.1) is 0 Å². The third-order valence-corrected chi connectivity index (χ3v) is 4.63. The number of carbonyl (C=O) groups is 1. The zero-order chi connectivity index (χ0) is 12.2. The van der Waals surface area contributed by atoms with Crippen molar-refractivity contribution in [3.8, 4) is 0 Å². The number of likely N-dealkylation sites (N-methyl/N-ethyl adjacent to an activating group) is 1. The van der Waals surface area contributed by atoms with E-state index in [-0.39, 0.29) is 23.5 Å². The van der Waals surface area contributed by atoms with Gasteiger partial charge in [0.15, 0.2) is 9.84 Å². The van der Waals surface area contributed by atoms with Crippen molar-refractivity contribution in [1.82, 2.24) is 10.2 Å². The molecule has 0 spiro atoms. The standard InChI is InChI=1S/C10H20N2O3S/c1-3-12(4-2)7-10(13)11-9-5-6-16(14,15)8-9/h9H,3-8H2,1-2H3,(H,11,13). The second-order valence-electron chi connectivity index (χ2n) is 4.13. The molecule has 0 aromatic rings. The molecular weight excluding hydrogens is 228 g/mol. The molecule has 1 amide bonds. The van der Waals surface area contributed by atoms with Crippen LogP contribution in [-0.2, 0) is 14.6 Å². The summed E-state index contributed by atoms with van der Waals surface area (Å²) in [5, 5.41) is 2.77. The molecule has 1 saturated heterocycles. The van der Waals surface area contributed by atoms with Gasteiger partial charge in [-0.1, -0.05) is 13.8 Å². The van der Waals surface area contributed by atoms with Crippen molar-refractivity contribution in [2.75, 3.05) is 31.1 Å². The summed E-state index contributed by atoms with van der Waals surface area (Å²) in [7, 11) is -2.91. The minimum Gasteiger partial charge on any atom is -0.351 e. The molecule has 1 unspecified atom stereocenters. The van der Waals surface area contributed by atoms with Crippen LogP contribution in [0.5, 0.6) is 0 Å². The molecule has 1 fully saturated rings. The number of rotatable bonds is 5. The predicted molar refractivity (Wildman–Crippen MR) is 63.0 cm³/mol. The largest absolute Gasteiger partial charge is 0.351 e. The molecular formula is C10H20N2O3S. The number of sulfone groups is 1. The third-order valence-electron chi connectivity index (χ3n) is 2.86. The van der Waals surface area contributed by atoms with Crippen molar-refractivity contribution in [3.05, 3.63) is 0 Å². The van der Waals surface area contributed by atoms with Crippen molar-refractivity contribution in [3.63, 3.8) is 0 Å². The third kappa shape index (κ3) is 4.09. The van der Waals surface area contributed by atoms with Crippen LogP contribution in [0.25, 0.3) is 0 Å². The summed E-state index contributed by atoms with van der Waals surface area (Å²) in [4.78, 5) is 13.6. The molecule has 1 aliphatic heterocycles. The van der Waals surface area contributed by atoms with Gasteiger partial charge in [0.05, 0.1) is 18.1 Å². The first-order valence-electron chi connectivity index (χ1n) is 5.69. The Bertz CT molecular complexity index is 336. The monoisotopic (exact) mass is 248 g/mol. The van der Waals surface area contributed by atoms with Crippen molar-refractivity contribution in [1.29, 1.82) is 0 Å². The number of hydrogen-bond donors (Lipinski definition) is 1. The van der Waals surface area contributed by atoms with E-state index < -0.39 is 9.84 Å². The molecule has 0 aliphatic carbocycles. The lowest BCUT2D eigenvalue weighted by Gasteiger charge is -2.18. The fourth-order valence-electron chi connectivity index (χ4n) is 1.83. The topological polar surface area (TPSA) is 66.5 Å². The molecule has 16 heavy (non-hydrogen) atoms. The molecule has 0 radical (unpaired) electrons. The highest BCUT2D eigenvalue weighted by atomic mass is 32.2. The van der Waals surface area contributed by atoms with Gasteiger partial charge in [-0.05, 0) is 19.5 Å². The normalized spacial score (nSPS) is 23.6. The Morgan fingerprint density at radius 2 is 2.00 bits per heavy atom. The van der Waals surface area contributed by atoms with Crippen molar-refractivity contribution in [2.45, 2.75) is 26.3 Å². The van der Waals surface area contributed by atoms with E-state index >= 15 is 0 Å². The Hall–Kier alpha value is -0.620. The smallest absolute Gasteiger partial charge is 0.234 e. The minimum absolute atomic E-state index is 0.0780. The molecule has 94 valence electrons. The van der Waals surface area contributed by atoms with Gasteiger partial charge in [-0.2, -0.15) is 0 Å². The van der Waals surface area contributed by atoms with E-state index in [0.29, 0.717) is 13.0 Å². The first-order chi connectivity index (χ1) is 7.46. The molecule has 1 atom stereocenters. The molecule has 1 N–H and O–H groups in total. The van der Waals surface area contributed by atoms with Crippen LogP contribution in [0.15, 0.2) is 0 Å². The molecule has 6 heteroatoms. The number of hydrogen-bond acceptors (Lipinski definition) is 4. The maximum atomic E-state index is 11.6. The maximum absolute atomic E-state index is 11.6. The maximum Gasteiger partial charge on any atom is 0.234 e. The van der Waals surface area contributed by atoms with Gasteiger partial charge in [0.2, 0.25) is 5.91 Å². The summed E-state index contributed by atoms with van der Waals surface area (Å²) in [5.74, 6) is 0.214. The van der Waals surface area contributed by atoms with Gasteiger partial charge in [-0.3, -0.25) is 9.69 Å². The van der Waals surface area contributed by atoms with Crippen LogP contribution in [0, 0.1) is 0 Å². The second-order valence-corrected chi connectivity index (χ2v) is 6.36. The molecule has 5 nitrogen and oxygen atoms in total. The first-order valence-corrected chi connectivity index (χ1v) is 7.51. The van der Waals surface area contributed by atoms with Crippen LogP contribution < -0.4 is 5.32 Å². The van der Waals surface area contributed by atoms with Gasteiger partial charge in [0, 0.05) is 6.04 Å². The average Bonchev–Trinajstić information content (AvgIpc) is 2.54. The Morgan fingerprint density at radius 3 is 2.44 bits per heavy atom. The van der Waals surface area contributed by atoms with Gasteiger partial charge in [0.1, 0.15) is 0 Å². The molecule has 0 bridgehead atoms. The Balaban J connectivity index is 2.35. The lowest BCUT2D eigenvalue weighted by atomic mass is 10.2. The first kappa shape index (κ1) is 13.4. The summed E-state index contributed by atoms with van der Waals surface area (Å²) in [6.07, 6.45) is 0.548. The molecule has 1 rings (SSSR count). The van der Waals surface area contributed by atoms with Crippen molar-refractivity contribution in [2.24, 2.45) is 0 Å². The summed E-state index contributed by atoms with van der Waals surface area (Å²) in [5.41, 5.74) is 0. The van der Waals surface area contributed by atoms with Gasteiger partial charge >= 0.3 is 0 Å². The fraction of sp³-hybridized carbons (Fsp3) is 0.900. The van der Waals surface area contributed by atoms with E-state index in [1.165, 1.54) is 0 Å². The predicted octanol–water partition coefficient (Wildman–Crippen LogP) is -0.368. The molecule has 1 heterocycles. The van der Waals surface area contributed by atoms with Crippen LogP contribution in [0.3, 0.4) is 0 Å². The van der Waals surface area contributed by atoms with E-state index in [2.05, 4.69) is 5.32 Å². The summed E-state index contributed by atoms with van der Waals surface area (Å²) in [6, 6.07) is -0.187. The quantitative estimate of drug-likeness (QED) is 0.721. The molecule has 0 saturated carbocycles. The van der Waals surface area contributed by atoms with Crippen molar-refractivity contribution < 1.29 is 13.2 Å². The van der Waals surface area contributed by atoms with Gasteiger partial charge in [0.25, 0.3) is 0 Å². The van der Waals surface area contributed by atoms with Crippen LogP contribution in [-0.4, -0.2) is 56.4 Å². The highest BCUT2D eigenvalue weighted by Crippen LogP contribution is 2.10. The SMILES string of the molecule is CCN(CC)CC(=O)NC1CCS(=O)(=O)C1. The van der Waals surface area contributed by atoms with Crippen LogP contribution in [0.4, 0.5) is 0 Å². The van der Waals surface area contributed by atoms with Crippen molar-refractivity contribution >= 4 is 15.7 Å². The second kappa shape index (κ2) is 5.63. The average molecular weight is 248 g/mol. The minimum atomic E-state index is -2.91. The van der Waals surface area contributed by atoms with E-state index in [1.54, 1.807) is 0 Å². The lowest BCUT2D eigenvalue weighted by molar-refractivity contribution is -0.122. The Morgan fingerprint density at radius 1 is 1.38 bits per heavy atom.